The van der Waals surface area contributed by atoms with Gasteiger partial charge in [-0.25, -0.2) is 0 Å². The van der Waals surface area contributed by atoms with Crippen LogP contribution in [0.1, 0.15) is 5.56 Å². The average Bonchev–Trinajstić information content (AvgIpc) is 2.85. The summed E-state index contributed by atoms with van der Waals surface area (Å²) in [6, 6.07) is 15.9. The normalized spacial score (nSPS) is 16.0. The molecule has 2 aromatic rings. The van der Waals surface area contributed by atoms with E-state index in [-0.39, 0.29) is 5.91 Å². The fourth-order valence-corrected chi connectivity index (χ4v) is 3.21. The number of amides is 1. The van der Waals surface area contributed by atoms with Crippen LogP contribution in [0.3, 0.4) is 0 Å². The molecule has 5 heteroatoms. The van der Waals surface area contributed by atoms with E-state index in [4.69, 9.17) is 17.0 Å². The van der Waals surface area contributed by atoms with Gasteiger partial charge in [-0.2, -0.15) is 0 Å². The summed E-state index contributed by atoms with van der Waals surface area (Å²) in [7, 11) is 1.65. The molecular weight excluding hydrogens is 314 g/mol. The van der Waals surface area contributed by atoms with E-state index in [1.807, 2.05) is 54.6 Å². The second-order valence-electron chi connectivity index (χ2n) is 4.71. The van der Waals surface area contributed by atoms with Gasteiger partial charge in [0.15, 0.2) is 0 Å². The van der Waals surface area contributed by atoms with Gasteiger partial charge >= 0.3 is 0 Å². The lowest BCUT2D eigenvalue weighted by Gasteiger charge is -2.05. The van der Waals surface area contributed by atoms with Crippen molar-refractivity contribution in [2.45, 2.75) is 0 Å². The van der Waals surface area contributed by atoms with Gasteiger partial charge in [0.1, 0.15) is 10.1 Å². The number of carbonyl (C=O) groups is 1. The Labute approximate surface area is 138 Å². The molecule has 0 saturated carbocycles. The maximum absolute atomic E-state index is 11.7. The molecular formula is C17H13NO2S2. The first-order chi connectivity index (χ1) is 10.7. The Balaban J connectivity index is 1.90. The molecule has 1 saturated heterocycles. The van der Waals surface area contributed by atoms with Gasteiger partial charge in [-0.05, 0) is 41.0 Å². The average molecular weight is 327 g/mol. The van der Waals surface area contributed by atoms with E-state index < -0.39 is 0 Å². The predicted octanol–water partition coefficient (Wildman–Crippen LogP) is 3.85. The molecule has 1 heterocycles. The molecule has 3 nitrogen and oxygen atoms in total. The molecule has 0 spiro atoms. The third-order valence-corrected chi connectivity index (χ3v) is 4.41. The Kier molecular flexibility index (Phi) is 4.27. The molecule has 0 bridgehead atoms. The van der Waals surface area contributed by atoms with Crippen molar-refractivity contribution in [3.8, 4) is 16.9 Å². The van der Waals surface area contributed by atoms with Crippen LogP contribution in [0, 0.1) is 0 Å². The summed E-state index contributed by atoms with van der Waals surface area (Å²) in [5.41, 5.74) is 3.15. The summed E-state index contributed by atoms with van der Waals surface area (Å²) < 4.78 is 5.67. The van der Waals surface area contributed by atoms with E-state index in [0.717, 1.165) is 22.4 Å². The fraction of sp³-hybridized carbons (Fsp3) is 0.0588. The zero-order chi connectivity index (χ0) is 15.5. The number of methoxy groups -OCH3 is 1. The van der Waals surface area contributed by atoms with Crippen molar-refractivity contribution in [2.24, 2.45) is 0 Å². The third kappa shape index (κ3) is 3.21. The summed E-state index contributed by atoms with van der Waals surface area (Å²) in [6.45, 7) is 0. The Bertz CT molecular complexity index is 766. The van der Waals surface area contributed by atoms with E-state index >= 15 is 0 Å². The van der Waals surface area contributed by atoms with Gasteiger partial charge in [0, 0.05) is 0 Å². The highest BCUT2D eigenvalue weighted by Crippen LogP contribution is 2.28. The lowest BCUT2D eigenvalue weighted by molar-refractivity contribution is -0.115. The minimum absolute atomic E-state index is 0.134. The zero-order valence-corrected chi connectivity index (χ0v) is 13.5. The van der Waals surface area contributed by atoms with Crippen LogP contribution in [-0.2, 0) is 4.79 Å². The summed E-state index contributed by atoms with van der Waals surface area (Å²) in [4.78, 5) is 12.3. The highest BCUT2D eigenvalue weighted by Gasteiger charge is 2.21. The Hall–Kier alpha value is -2.11. The molecule has 3 rings (SSSR count). The number of carbonyl (C=O) groups excluding carboxylic acids is 1. The molecule has 22 heavy (non-hydrogen) atoms. The van der Waals surface area contributed by atoms with Gasteiger partial charge in [0.2, 0.25) is 0 Å². The van der Waals surface area contributed by atoms with Crippen molar-refractivity contribution in [3.05, 3.63) is 59.0 Å². The van der Waals surface area contributed by atoms with E-state index in [1.165, 1.54) is 11.8 Å². The van der Waals surface area contributed by atoms with Crippen molar-refractivity contribution >= 4 is 40.3 Å². The molecule has 1 N–H and O–H groups in total. The molecule has 0 aromatic heterocycles. The summed E-state index contributed by atoms with van der Waals surface area (Å²) in [5, 5.41) is 2.62. The smallest absolute Gasteiger partial charge is 0.263 e. The van der Waals surface area contributed by atoms with Crippen LogP contribution in [0.25, 0.3) is 17.2 Å². The van der Waals surface area contributed by atoms with Gasteiger partial charge < -0.3 is 10.1 Å². The van der Waals surface area contributed by atoms with Crippen molar-refractivity contribution in [1.29, 1.82) is 0 Å². The van der Waals surface area contributed by atoms with Gasteiger partial charge in [-0.15, -0.1) is 0 Å². The van der Waals surface area contributed by atoms with Crippen molar-refractivity contribution < 1.29 is 9.53 Å². The number of hydrogen-bond donors (Lipinski definition) is 1. The molecule has 2 aromatic carbocycles. The van der Waals surface area contributed by atoms with Crippen LogP contribution in [-0.4, -0.2) is 17.3 Å². The monoisotopic (exact) mass is 327 g/mol. The van der Waals surface area contributed by atoms with Crippen LogP contribution in [0.15, 0.2) is 53.4 Å². The lowest BCUT2D eigenvalue weighted by Crippen LogP contribution is -2.17. The Morgan fingerprint density at radius 2 is 1.91 bits per heavy atom. The molecule has 1 fully saturated rings. The number of thioether (sulfide) groups is 1. The number of thiocarbonyl (C=S) groups is 1. The van der Waals surface area contributed by atoms with Gasteiger partial charge in [0.25, 0.3) is 5.91 Å². The summed E-state index contributed by atoms with van der Waals surface area (Å²) in [6.07, 6.45) is 1.85. The molecule has 0 unspecified atom stereocenters. The first-order valence-corrected chi connectivity index (χ1v) is 7.87. The van der Waals surface area contributed by atoms with E-state index in [1.54, 1.807) is 7.11 Å². The number of hydrogen-bond acceptors (Lipinski definition) is 4. The predicted molar refractivity (Wildman–Crippen MR) is 94.7 cm³/mol. The van der Waals surface area contributed by atoms with Crippen LogP contribution < -0.4 is 10.1 Å². The first kappa shape index (κ1) is 14.8. The fourth-order valence-electron chi connectivity index (χ4n) is 2.16. The second kappa shape index (κ2) is 6.34. The topological polar surface area (TPSA) is 38.3 Å². The Morgan fingerprint density at radius 1 is 1.14 bits per heavy atom. The number of benzene rings is 2. The van der Waals surface area contributed by atoms with Crippen LogP contribution in [0.4, 0.5) is 0 Å². The van der Waals surface area contributed by atoms with E-state index in [9.17, 15) is 4.79 Å². The van der Waals surface area contributed by atoms with Gasteiger partial charge in [-0.3, -0.25) is 4.79 Å². The molecule has 1 amide bonds. The van der Waals surface area contributed by atoms with Crippen molar-refractivity contribution in [3.63, 3.8) is 0 Å². The maximum atomic E-state index is 11.7. The summed E-state index contributed by atoms with van der Waals surface area (Å²) in [5.74, 6) is 0.694. The highest BCUT2D eigenvalue weighted by atomic mass is 32.2. The third-order valence-electron chi connectivity index (χ3n) is 3.25. The first-order valence-electron chi connectivity index (χ1n) is 6.65. The standard InChI is InChI=1S/C17H13NO2S2/c1-20-14-7-5-12(6-8-14)13-4-2-3-11(9-13)10-15-16(19)18-17(21)22-15/h2-10H,1H3,(H,18,19,21). The highest BCUT2D eigenvalue weighted by molar-refractivity contribution is 8.26. The van der Waals surface area contributed by atoms with Gasteiger partial charge in [0.05, 0.1) is 12.0 Å². The quantitative estimate of drug-likeness (QED) is 0.686. The Morgan fingerprint density at radius 3 is 2.55 bits per heavy atom. The van der Waals surface area contributed by atoms with Crippen molar-refractivity contribution in [1.82, 2.24) is 5.32 Å². The van der Waals surface area contributed by atoms with Crippen molar-refractivity contribution in [2.75, 3.05) is 7.11 Å². The molecule has 0 radical (unpaired) electrons. The molecule has 0 atom stereocenters. The van der Waals surface area contributed by atoms with Crippen LogP contribution in [0.5, 0.6) is 5.75 Å². The van der Waals surface area contributed by atoms with Crippen LogP contribution in [0.2, 0.25) is 0 Å². The SMILES string of the molecule is COc1ccc(-c2cccc(C=C3SC(=S)NC3=O)c2)cc1. The largest absolute Gasteiger partial charge is 0.497 e. The lowest BCUT2D eigenvalue weighted by atomic mass is 10.0. The van der Waals surface area contributed by atoms with Gasteiger partial charge in [-0.1, -0.05) is 54.3 Å². The number of rotatable bonds is 3. The van der Waals surface area contributed by atoms with Crippen LogP contribution >= 0.6 is 24.0 Å². The second-order valence-corrected chi connectivity index (χ2v) is 6.43. The zero-order valence-electron chi connectivity index (χ0n) is 11.8. The summed E-state index contributed by atoms with van der Waals surface area (Å²) >= 11 is 6.28. The maximum Gasteiger partial charge on any atom is 0.263 e. The molecule has 1 aliphatic rings. The minimum Gasteiger partial charge on any atom is -0.497 e. The van der Waals surface area contributed by atoms with E-state index in [2.05, 4.69) is 5.32 Å². The molecule has 110 valence electrons. The molecule has 1 aliphatic heterocycles. The number of nitrogens with one attached hydrogen (secondary N) is 1. The van der Waals surface area contributed by atoms with E-state index in [0.29, 0.717) is 9.23 Å². The minimum atomic E-state index is -0.134. The number of ether oxygens (including phenoxy) is 1. The molecule has 0 aliphatic carbocycles.